The van der Waals surface area contributed by atoms with Crippen LogP contribution in [0.1, 0.15) is 12.8 Å². The maximum atomic E-state index is 12.7. The van der Waals surface area contributed by atoms with Crippen molar-refractivity contribution in [1.82, 2.24) is 15.5 Å². The minimum absolute atomic E-state index is 0.280. The van der Waals surface area contributed by atoms with Gasteiger partial charge in [0.15, 0.2) is 18.9 Å². The molecule has 134 valence electrons. The lowest BCUT2D eigenvalue weighted by molar-refractivity contribution is -0.119. The van der Waals surface area contributed by atoms with E-state index in [0.717, 1.165) is 15.5 Å². The van der Waals surface area contributed by atoms with Crippen LogP contribution in [-0.4, -0.2) is 48.6 Å². The molecular weight excluding hydrogens is 380 g/mol. The van der Waals surface area contributed by atoms with Gasteiger partial charge < -0.3 is 10.6 Å². The van der Waals surface area contributed by atoms with Gasteiger partial charge in [-0.1, -0.05) is 23.1 Å². The molecule has 2 heterocycles. The second-order valence-corrected chi connectivity index (χ2v) is 10.3. The number of hydrogen-bond donors (Lipinski definition) is 2. The van der Waals surface area contributed by atoms with Gasteiger partial charge in [0.05, 0.1) is 0 Å². The fraction of sp³-hybridized carbons (Fsp3) is 0.400. The molecule has 0 unspecified atom stereocenters. The van der Waals surface area contributed by atoms with E-state index in [9.17, 15) is 13.2 Å². The highest BCUT2D eigenvalue weighted by Gasteiger charge is 2.48. The molecule has 25 heavy (non-hydrogen) atoms. The molecule has 7 nitrogen and oxygen atoms in total. The van der Waals surface area contributed by atoms with Crippen molar-refractivity contribution in [2.75, 3.05) is 24.7 Å². The molecule has 0 spiro atoms. The van der Waals surface area contributed by atoms with E-state index in [0.29, 0.717) is 18.8 Å². The standard InChI is InChI=1S/C15H18N4O3S3/c1-25(21,22)15(6-8-16-9-7-15)13(20)18-11-2-4-12(5-3-11)24-14-19-17-10-23-14/h2-5,10,16H,6-9H2,1H3,(H,18,20). The van der Waals surface area contributed by atoms with Crippen LogP contribution in [0.3, 0.4) is 0 Å². The minimum Gasteiger partial charge on any atom is -0.325 e. The Morgan fingerprint density at radius 3 is 2.52 bits per heavy atom. The Morgan fingerprint density at radius 1 is 1.28 bits per heavy atom. The lowest BCUT2D eigenvalue weighted by Gasteiger charge is -2.34. The zero-order chi connectivity index (χ0) is 17.9. The molecule has 0 bridgehead atoms. The van der Waals surface area contributed by atoms with Gasteiger partial charge in [-0.2, -0.15) is 0 Å². The van der Waals surface area contributed by atoms with E-state index in [4.69, 9.17) is 0 Å². The zero-order valence-corrected chi connectivity index (χ0v) is 16.0. The Hall–Kier alpha value is -1.49. The molecule has 1 aliphatic heterocycles. The molecule has 0 radical (unpaired) electrons. The first kappa shape index (κ1) is 18.3. The van der Waals surface area contributed by atoms with Gasteiger partial charge in [-0.3, -0.25) is 4.79 Å². The molecule has 3 rings (SSSR count). The summed E-state index contributed by atoms with van der Waals surface area (Å²) in [6.45, 7) is 1.02. The molecule has 1 aromatic heterocycles. The molecule has 1 fully saturated rings. The fourth-order valence-corrected chi connectivity index (χ4v) is 5.54. The molecule has 1 aliphatic rings. The second-order valence-electron chi connectivity index (χ2n) is 5.80. The number of hydrogen-bond acceptors (Lipinski definition) is 8. The van der Waals surface area contributed by atoms with Gasteiger partial charge in [0.25, 0.3) is 0 Å². The Balaban J connectivity index is 1.73. The molecular formula is C15H18N4O3S3. The highest BCUT2D eigenvalue weighted by molar-refractivity contribution is 8.01. The maximum absolute atomic E-state index is 12.7. The third-order valence-electron chi connectivity index (χ3n) is 4.19. The molecule has 2 N–H and O–H groups in total. The molecule has 1 aromatic carbocycles. The van der Waals surface area contributed by atoms with Crippen molar-refractivity contribution in [3.05, 3.63) is 29.8 Å². The maximum Gasteiger partial charge on any atom is 0.245 e. The quantitative estimate of drug-likeness (QED) is 0.792. The summed E-state index contributed by atoms with van der Waals surface area (Å²) in [6.07, 6.45) is 1.70. The number of sulfone groups is 1. The van der Waals surface area contributed by atoms with Crippen molar-refractivity contribution in [2.45, 2.75) is 26.8 Å². The van der Waals surface area contributed by atoms with Crippen molar-refractivity contribution < 1.29 is 13.2 Å². The number of nitrogens with one attached hydrogen (secondary N) is 2. The second kappa shape index (κ2) is 7.40. The van der Waals surface area contributed by atoms with E-state index in [1.807, 2.05) is 12.1 Å². The summed E-state index contributed by atoms with van der Waals surface area (Å²) in [6, 6.07) is 7.24. The highest BCUT2D eigenvalue weighted by atomic mass is 32.2. The predicted molar refractivity (Wildman–Crippen MR) is 98.8 cm³/mol. The van der Waals surface area contributed by atoms with E-state index in [1.54, 1.807) is 17.6 Å². The highest BCUT2D eigenvalue weighted by Crippen LogP contribution is 2.31. The number of carbonyl (C=O) groups is 1. The number of carbonyl (C=O) groups excluding carboxylic acids is 1. The van der Waals surface area contributed by atoms with Crippen LogP contribution in [0.5, 0.6) is 0 Å². The average molecular weight is 399 g/mol. The summed E-state index contributed by atoms with van der Waals surface area (Å²) in [5.41, 5.74) is 2.24. The number of aromatic nitrogens is 2. The molecule has 2 aromatic rings. The molecule has 1 saturated heterocycles. The number of nitrogens with zero attached hydrogens (tertiary/aromatic N) is 2. The third kappa shape index (κ3) is 4.02. The van der Waals surface area contributed by atoms with E-state index < -0.39 is 20.5 Å². The average Bonchev–Trinajstić information content (AvgIpc) is 3.09. The van der Waals surface area contributed by atoms with Gasteiger partial charge in [0.2, 0.25) is 5.91 Å². The summed E-state index contributed by atoms with van der Waals surface area (Å²) in [7, 11) is -3.52. The first-order valence-electron chi connectivity index (χ1n) is 7.67. The van der Waals surface area contributed by atoms with Gasteiger partial charge in [-0.15, -0.1) is 10.2 Å². The topological polar surface area (TPSA) is 101 Å². The minimum atomic E-state index is -3.52. The first-order valence-corrected chi connectivity index (χ1v) is 11.3. The van der Waals surface area contributed by atoms with Crippen LogP contribution in [-0.2, 0) is 14.6 Å². The van der Waals surface area contributed by atoms with Gasteiger partial charge in [-0.25, -0.2) is 8.42 Å². The van der Waals surface area contributed by atoms with Gasteiger partial charge in [0.1, 0.15) is 5.51 Å². The molecule has 10 heteroatoms. The van der Waals surface area contributed by atoms with Crippen molar-refractivity contribution >= 4 is 44.5 Å². The Labute approximate surface area is 154 Å². The third-order valence-corrected chi connectivity index (χ3v) is 7.99. The summed E-state index contributed by atoms with van der Waals surface area (Å²) >= 11 is 2.93. The number of piperidine rings is 1. The van der Waals surface area contributed by atoms with Crippen LogP contribution in [0.15, 0.2) is 39.0 Å². The van der Waals surface area contributed by atoms with E-state index in [1.165, 1.54) is 23.1 Å². The van der Waals surface area contributed by atoms with Crippen molar-refractivity contribution in [1.29, 1.82) is 0 Å². The van der Waals surface area contributed by atoms with E-state index >= 15 is 0 Å². The largest absolute Gasteiger partial charge is 0.325 e. The molecule has 1 amide bonds. The summed E-state index contributed by atoms with van der Waals surface area (Å²) in [5.74, 6) is -0.457. The summed E-state index contributed by atoms with van der Waals surface area (Å²) < 4.78 is 24.0. The van der Waals surface area contributed by atoms with Crippen LogP contribution in [0.25, 0.3) is 0 Å². The number of amides is 1. The Morgan fingerprint density at radius 2 is 1.96 bits per heavy atom. The lowest BCUT2D eigenvalue weighted by atomic mass is 9.95. The van der Waals surface area contributed by atoms with Crippen molar-refractivity contribution in [3.8, 4) is 0 Å². The summed E-state index contributed by atoms with van der Waals surface area (Å²) in [4.78, 5) is 13.7. The van der Waals surface area contributed by atoms with Crippen molar-refractivity contribution in [3.63, 3.8) is 0 Å². The Kier molecular flexibility index (Phi) is 5.42. The van der Waals surface area contributed by atoms with E-state index in [2.05, 4.69) is 20.8 Å². The molecule has 0 saturated carbocycles. The predicted octanol–water partition coefficient (Wildman–Crippen LogP) is 1.79. The van der Waals surface area contributed by atoms with Gasteiger partial charge in [-0.05, 0) is 50.2 Å². The lowest BCUT2D eigenvalue weighted by Crippen LogP contribution is -2.55. The van der Waals surface area contributed by atoms with Crippen molar-refractivity contribution in [2.24, 2.45) is 0 Å². The number of benzene rings is 1. The number of anilines is 1. The normalized spacial score (nSPS) is 17.2. The van der Waals surface area contributed by atoms with Crippen LogP contribution < -0.4 is 10.6 Å². The molecule has 0 atom stereocenters. The smallest absolute Gasteiger partial charge is 0.245 e. The fourth-order valence-electron chi connectivity index (χ4n) is 2.76. The monoisotopic (exact) mass is 398 g/mol. The Bertz CT molecular complexity index is 829. The summed E-state index contributed by atoms with van der Waals surface area (Å²) in [5, 5.41) is 13.6. The molecule has 0 aliphatic carbocycles. The van der Waals surface area contributed by atoms with Crippen LogP contribution in [0.2, 0.25) is 0 Å². The van der Waals surface area contributed by atoms with Crippen LogP contribution >= 0.6 is 23.1 Å². The van der Waals surface area contributed by atoms with E-state index in [-0.39, 0.29) is 12.8 Å². The van der Waals surface area contributed by atoms with Crippen LogP contribution in [0.4, 0.5) is 5.69 Å². The first-order chi connectivity index (χ1) is 11.9. The van der Waals surface area contributed by atoms with Crippen LogP contribution in [0, 0.1) is 0 Å². The van der Waals surface area contributed by atoms with Gasteiger partial charge >= 0.3 is 0 Å². The zero-order valence-electron chi connectivity index (χ0n) is 13.6. The van der Waals surface area contributed by atoms with Gasteiger partial charge in [0, 0.05) is 16.8 Å². The SMILES string of the molecule is CS(=O)(=O)C1(C(=O)Nc2ccc(Sc3nncs3)cc2)CCNCC1. The number of rotatable bonds is 5.